The fraction of sp³-hybridized carbons (Fsp3) is 0.231. The number of halogens is 3. The topological polar surface area (TPSA) is 25.8 Å². The first-order valence-electron chi connectivity index (χ1n) is 5.67. The molecule has 0 bridgehead atoms. The van der Waals surface area contributed by atoms with Gasteiger partial charge in [0.15, 0.2) is 0 Å². The fourth-order valence-corrected chi connectivity index (χ4v) is 2.75. The smallest absolute Gasteiger partial charge is 0.142 e. The van der Waals surface area contributed by atoms with Gasteiger partial charge in [-0.2, -0.15) is 11.8 Å². The Hall–Kier alpha value is -0.840. The second-order valence-corrected chi connectivity index (χ2v) is 5.73. The minimum atomic E-state index is -0.352. The second kappa shape index (κ2) is 6.55. The van der Waals surface area contributed by atoms with E-state index in [0.717, 1.165) is 5.75 Å². The first kappa shape index (κ1) is 14.6. The molecule has 2 rings (SSSR count). The van der Waals surface area contributed by atoms with Crippen molar-refractivity contribution in [1.29, 1.82) is 0 Å². The molecule has 2 nitrogen and oxygen atoms in total. The molecule has 1 aromatic carbocycles. The zero-order valence-electron chi connectivity index (χ0n) is 10.2. The van der Waals surface area contributed by atoms with Crippen molar-refractivity contribution in [2.45, 2.75) is 12.7 Å². The molecule has 0 saturated carbocycles. The molecule has 0 spiro atoms. The second-order valence-electron chi connectivity index (χ2n) is 3.74. The van der Waals surface area contributed by atoms with Gasteiger partial charge in [0.2, 0.25) is 0 Å². The molecule has 0 saturated heterocycles. The van der Waals surface area contributed by atoms with Gasteiger partial charge in [0.05, 0.1) is 11.3 Å². The molecule has 6 heteroatoms. The summed E-state index contributed by atoms with van der Waals surface area (Å²) >= 11 is 13.9. The van der Waals surface area contributed by atoms with E-state index in [1.54, 1.807) is 23.9 Å². The Labute approximate surface area is 125 Å². The van der Waals surface area contributed by atoms with Crippen LogP contribution >= 0.6 is 35.0 Å². The summed E-state index contributed by atoms with van der Waals surface area (Å²) in [7, 11) is 0. The zero-order chi connectivity index (χ0) is 13.8. The van der Waals surface area contributed by atoms with Crippen LogP contribution in [-0.4, -0.2) is 15.7 Å². The lowest BCUT2D eigenvalue weighted by molar-refractivity contribution is 0.628. The van der Waals surface area contributed by atoms with Gasteiger partial charge >= 0.3 is 0 Å². The number of hydrogen-bond donors (Lipinski definition) is 0. The van der Waals surface area contributed by atoms with Gasteiger partial charge in [-0.25, -0.2) is 14.4 Å². The summed E-state index contributed by atoms with van der Waals surface area (Å²) in [5.41, 5.74) is 1.04. The van der Waals surface area contributed by atoms with Crippen LogP contribution in [0, 0.1) is 5.82 Å². The number of thioether (sulfide) groups is 1. The van der Waals surface area contributed by atoms with Gasteiger partial charge in [-0.15, -0.1) is 0 Å². The number of rotatable bonds is 4. The Balaban J connectivity index is 2.42. The van der Waals surface area contributed by atoms with Crippen LogP contribution < -0.4 is 0 Å². The highest BCUT2D eigenvalue weighted by molar-refractivity contribution is 7.98. The maximum Gasteiger partial charge on any atom is 0.142 e. The van der Waals surface area contributed by atoms with Crippen molar-refractivity contribution in [2.24, 2.45) is 0 Å². The van der Waals surface area contributed by atoms with E-state index in [-0.39, 0.29) is 16.1 Å². The van der Waals surface area contributed by atoms with Gasteiger partial charge in [-0.1, -0.05) is 42.3 Å². The highest BCUT2D eigenvalue weighted by atomic mass is 35.5. The molecule has 0 amide bonds. The molecule has 0 atom stereocenters. The van der Waals surface area contributed by atoms with E-state index in [1.807, 2.05) is 0 Å². The molecule has 1 heterocycles. The lowest BCUT2D eigenvalue weighted by Crippen LogP contribution is -1.97. The predicted molar refractivity (Wildman–Crippen MR) is 79.3 cm³/mol. The van der Waals surface area contributed by atoms with Gasteiger partial charge in [0.1, 0.15) is 21.9 Å². The third kappa shape index (κ3) is 3.59. The van der Waals surface area contributed by atoms with Gasteiger partial charge in [0.25, 0.3) is 0 Å². The molecule has 0 aliphatic rings. The summed E-state index contributed by atoms with van der Waals surface area (Å²) in [5.74, 6) is 1.85. The van der Waals surface area contributed by atoms with Crippen LogP contribution in [0.25, 0.3) is 11.1 Å². The highest BCUT2D eigenvalue weighted by Crippen LogP contribution is 2.33. The van der Waals surface area contributed by atoms with Crippen molar-refractivity contribution in [3.63, 3.8) is 0 Å². The molecule has 0 fully saturated rings. The van der Waals surface area contributed by atoms with E-state index in [1.165, 1.54) is 12.1 Å². The molecular weight excluding hydrogens is 306 g/mol. The Morgan fingerprint density at radius 3 is 2.47 bits per heavy atom. The molecule has 2 aromatic rings. The van der Waals surface area contributed by atoms with Crippen molar-refractivity contribution in [3.05, 3.63) is 46.2 Å². The van der Waals surface area contributed by atoms with E-state index >= 15 is 0 Å². The van der Waals surface area contributed by atoms with Crippen LogP contribution in [0.4, 0.5) is 4.39 Å². The lowest BCUT2D eigenvalue weighted by atomic mass is 10.1. The van der Waals surface area contributed by atoms with Gasteiger partial charge in [0, 0.05) is 0 Å². The first-order valence-corrected chi connectivity index (χ1v) is 7.58. The van der Waals surface area contributed by atoms with Crippen LogP contribution in [0.5, 0.6) is 0 Å². The maximum atomic E-state index is 13.2. The molecule has 0 aliphatic carbocycles. The maximum absolute atomic E-state index is 13.2. The molecule has 0 N–H and O–H groups in total. The lowest BCUT2D eigenvalue weighted by Gasteiger charge is -2.08. The van der Waals surface area contributed by atoms with Crippen molar-refractivity contribution in [2.75, 3.05) is 5.75 Å². The van der Waals surface area contributed by atoms with E-state index < -0.39 is 0 Å². The minimum Gasteiger partial charge on any atom is -0.220 e. The van der Waals surface area contributed by atoms with Crippen LogP contribution in [0.15, 0.2) is 24.3 Å². The Morgan fingerprint density at radius 2 is 1.89 bits per heavy atom. The number of hydrogen-bond acceptors (Lipinski definition) is 3. The van der Waals surface area contributed by atoms with E-state index in [4.69, 9.17) is 23.2 Å². The molecule has 0 radical (unpaired) electrons. The summed E-state index contributed by atoms with van der Waals surface area (Å²) in [5, 5.41) is 0.495. The van der Waals surface area contributed by atoms with Crippen LogP contribution in [0.2, 0.25) is 10.3 Å². The summed E-state index contributed by atoms with van der Waals surface area (Å²) in [6, 6.07) is 6.04. The van der Waals surface area contributed by atoms with Gasteiger partial charge < -0.3 is 0 Å². The summed E-state index contributed by atoms with van der Waals surface area (Å²) in [6.45, 7) is 2.05. The van der Waals surface area contributed by atoms with Crippen molar-refractivity contribution in [1.82, 2.24) is 9.97 Å². The predicted octanol–water partition coefficient (Wildman–Crippen LogP) is 4.84. The summed E-state index contributed by atoms with van der Waals surface area (Å²) in [4.78, 5) is 8.41. The SMILES string of the molecule is CCSCc1nc(Cl)c(-c2cccc(F)c2)c(Cl)n1. The van der Waals surface area contributed by atoms with Crippen molar-refractivity contribution < 1.29 is 4.39 Å². The number of aromatic nitrogens is 2. The Morgan fingerprint density at radius 1 is 1.21 bits per heavy atom. The third-order valence-electron chi connectivity index (χ3n) is 2.42. The van der Waals surface area contributed by atoms with E-state index in [0.29, 0.717) is 22.7 Å². The van der Waals surface area contributed by atoms with Gasteiger partial charge in [-0.3, -0.25) is 0 Å². The molecular formula is C13H11Cl2FN2S. The van der Waals surface area contributed by atoms with Crippen molar-refractivity contribution in [3.8, 4) is 11.1 Å². The average Bonchev–Trinajstić information content (AvgIpc) is 2.35. The Bertz CT molecular complexity index is 570. The fourth-order valence-electron chi connectivity index (χ4n) is 1.59. The number of benzene rings is 1. The van der Waals surface area contributed by atoms with E-state index in [2.05, 4.69) is 16.9 Å². The first-order chi connectivity index (χ1) is 9.11. The quantitative estimate of drug-likeness (QED) is 0.754. The van der Waals surface area contributed by atoms with Crippen LogP contribution in [0.3, 0.4) is 0 Å². The number of nitrogens with zero attached hydrogens (tertiary/aromatic N) is 2. The molecule has 0 aliphatic heterocycles. The third-order valence-corrected chi connectivity index (χ3v) is 3.83. The largest absolute Gasteiger partial charge is 0.220 e. The standard InChI is InChI=1S/C13H11Cl2FN2S/c1-2-19-7-10-17-12(14)11(13(15)18-10)8-4-3-5-9(16)6-8/h3-6H,2,7H2,1H3. The minimum absolute atomic E-state index is 0.248. The molecule has 19 heavy (non-hydrogen) atoms. The van der Waals surface area contributed by atoms with Crippen molar-refractivity contribution >= 4 is 35.0 Å². The average molecular weight is 317 g/mol. The summed E-state index contributed by atoms with van der Waals surface area (Å²) in [6.07, 6.45) is 0. The Kier molecular flexibility index (Phi) is 5.02. The zero-order valence-corrected chi connectivity index (χ0v) is 12.5. The van der Waals surface area contributed by atoms with Crippen LogP contribution in [0.1, 0.15) is 12.7 Å². The molecule has 1 aromatic heterocycles. The van der Waals surface area contributed by atoms with Gasteiger partial charge in [-0.05, 0) is 23.4 Å². The highest BCUT2D eigenvalue weighted by Gasteiger charge is 2.14. The summed E-state index contributed by atoms with van der Waals surface area (Å²) < 4.78 is 13.2. The normalized spacial score (nSPS) is 10.7. The molecule has 0 unspecified atom stereocenters. The monoisotopic (exact) mass is 316 g/mol. The van der Waals surface area contributed by atoms with E-state index in [9.17, 15) is 4.39 Å². The molecule has 100 valence electrons. The van der Waals surface area contributed by atoms with Crippen LogP contribution in [-0.2, 0) is 5.75 Å².